The molecule has 0 unspecified atom stereocenters. The van der Waals surface area contributed by atoms with Crippen LogP contribution in [0.4, 0.5) is 11.8 Å². The Balaban J connectivity index is 1.88. The van der Waals surface area contributed by atoms with Crippen LogP contribution in [-0.2, 0) is 6.54 Å². The molecule has 0 saturated carbocycles. The summed E-state index contributed by atoms with van der Waals surface area (Å²) in [5.74, 6) is 1.50. The number of nitrogens with zero attached hydrogens (tertiary/aromatic N) is 3. The molecule has 0 radical (unpaired) electrons. The molecular formula is C12H13N5S2. The van der Waals surface area contributed by atoms with Crippen molar-refractivity contribution < 1.29 is 0 Å². The van der Waals surface area contributed by atoms with Crippen molar-refractivity contribution in [3.63, 3.8) is 0 Å². The van der Waals surface area contributed by atoms with Crippen LogP contribution in [0.1, 0.15) is 9.88 Å². The second kappa shape index (κ2) is 5.10. The van der Waals surface area contributed by atoms with E-state index in [9.17, 15) is 0 Å². The predicted octanol–water partition coefficient (Wildman–Crippen LogP) is 3.11. The Morgan fingerprint density at radius 3 is 2.95 bits per heavy atom. The minimum atomic E-state index is 0.637. The Labute approximate surface area is 118 Å². The highest BCUT2D eigenvalue weighted by Crippen LogP contribution is 2.27. The molecule has 3 aromatic rings. The second-order valence-corrected chi connectivity index (χ2v) is 6.20. The first kappa shape index (κ1) is 12.3. The normalized spacial score (nSPS) is 10.8. The van der Waals surface area contributed by atoms with Crippen molar-refractivity contribution in [2.75, 3.05) is 17.7 Å². The third-order valence-electron chi connectivity index (χ3n) is 2.65. The highest BCUT2D eigenvalue weighted by Gasteiger charge is 2.08. The molecule has 3 aromatic heterocycles. The summed E-state index contributed by atoms with van der Waals surface area (Å²) in [5.41, 5.74) is 0. The molecule has 7 heteroatoms. The smallest absolute Gasteiger partial charge is 0.225 e. The van der Waals surface area contributed by atoms with E-state index >= 15 is 0 Å². The van der Waals surface area contributed by atoms with E-state index in [0.29, 0.717) is 5.95 Å². The van der Waals surface area contributed by atoms with Crippen LogP contribution in [0.5, 0.6) is 0 Å². The zero-order valence-corrected chi connectivity index (χ0v) is 12.2. The average Bonchev–Trinajstić information content (AvgIpc) is 3.04. The van der Waals surface area contributed by atoms with Gasteiger partial charge in [0.05, 0.1) is 16.9 Å². The molecule has 98 valence electrons. The predicted molar refractivity (Wildman–Crippen MR) is 81.1 cm³/mol. The van der Waals surface area contributed by atoms with Crippen molar-refractivity contribution in [1.82, 2.24) is 15.0 Å². The van der Waals surface area contributed by atoms with Crippen LogP contribution < -0.4 is 10.6 Å². The fraction of sp³-hybridized carbons (Fsp3) is 0.250. The number of nitrogens with one attached hydrogen (secondary N) is 2. The lowest BCUT2D eigenvalue weighted by molar-refractivity contribution is 1.12. The van der Waals surface area contributed by atoms with Gasteiger partial charge < -0.3 is 10.6 Å². The molecule has 2 N–H and O–H groups in total. The van der Waals surface area contributed by atoms with Crippen molar-refractivity contribution in [2.24, 2.45) is 0 Å². The summed E-state index contributed by atoms with van der Waals surface area (Å²) >= 11 is 3.31. The van der Waals surface area contributed by atoms with Gasteiger partial charge in [-0.3, -0.25) is 0 Å². The zero-order chi connectivity index (χ0) is 13.2. The van der Waals surface area contributed by atoms with Crippen molar-refractivity contribution >= 4 is 44.7 Å². The summed E-state index contributed by atoms with van der Waals surface area (Å²) in [5, 5.41) is 10.5. The van der Waals surface area contributed by atoms with Gasteiger partial charge in [-0.2, -0.15) is 4.98 Å². The fourth-order valence-corrected chi connectivity index (χ4v) is 3.26. The van der Waals surface area contributed by atoms with Crippen LogP contribution in [0, 0.1) is 6.92 Å². The summed E-state index contributed by atoms with van der Waals surface area (Å²) in [6.07, 6.45) is 1.90. The molecule has 5 nitrogen and oxygen atoms in total. The number of anilines is 2. The van der Waals surface area contributed by atoms with E-state index in [2.05, 4.69) is 25.6 Å². The van der Waals surface area contributed by atoms with E-state index in [1.54, 1.807) is 22.7 Å². The highest BCUT2D eigenvalue weighted by atomic mass is 32.1. The Bertz CT molecular complexity index is 703. The average molecular weight is 291 g/mol. The molecule has 3 heterocycles. The van der Waals surface area contributed by atoms with Gasteiger partial charge in [-0.15, -0.1) is 22.7 Å². The SMILES string of the molecule is CNc1nc(NCc2cnc(C)s2)c2ccsc2n1. The van der Waals surface area contributed by atoms with Gasteiger partial charge in [0, 0.05) is 18.1 Å². The van der Waals surface area contributed by atoms with Crippen molar-refractivity contribution in [3.8, 4) is 0 Å². The Morgan fingerprint density at radius 1 is 1.32 bits per heavy atom. The maximum atomic E-state index is 4.47. The molecule has 0 saturated heterocycles. The van der Waals surface area contributed by atoms with Gasteiger partial charge in [0.15, 0.2) is 0 Å². The van der Waals surface area contributed by atoms with Crippen molar-refractivity contribution in [1.29, 1.82) is 0 Å². The van der Waals surface area contributed by atoms with Gasteiger partial charge in [0.1, 0.15) is 10.6 Å². The van der Waals surface area contributed by atoms with Gasteiger partial charge in [-0.1, -0.05) is 0 Å². The maximum absolute atomic E-state index is 4.47. The first-order chi connectivity index (χ1) is 9.26. The Morgan fingerprint density at radius 2 is 2.21 bits per heavy atom. The van der Waals surface area contributed by atoms with E-state index in [1.807, 2.05) is 31.6 Å². The van der Waals surface area contributed by atoms with Crippen molar-refractivity contribution in [2.45, 2.75) is 13.5 Å². The summed E-state index contributed by atoms with van der Waals surface area (Å²) in [6.45, 7) is 2.74. The van der Waals surface area contributed by atoms with Gasteiger partial charge in [0.25, 0.3) is 0 Å². The molecule has 19 heavy (non-hydrogen) atoms. The number of hydrogen-bond donors (Lipinski definition) is 2. The summed E-state index contributed by atoms with van der Waals surface area (Å²) < 4.78 is 0. The number of hydrogen-bond acceptors (Lipinski definition) is 7. The van der Waals surface area contributed by atoms with E-state index in [-0.39, 0.29) is 0 Å². The molecule has 0 atom stereocenters. The number of fused-ring (bicyclic) bond motifs is 1. The minimum absolute atomic E-state index is 0.637. The molecule has 0 amide bonds. The molecular weight excluding hydrogens is 278 g/mol. The van der Waals surface area contributed by atoms with Crippen molar-refractivity contribution in [3.05, 3.63) is 27.5 Å². The minimum Gasteiger partial charge on any atom is -0.364 e. The van der Waals surface area contributed by atoms with Crippen LogP contribution in [0.2, 0.25) is 0 Å². The fourth-order valence-electron chi connectivity index (χ4n) is 1.76. The van der Waals surface area contributed by atoms with Gasteiger partial charge in [-0.25, -0.2) is 9.97 Å². The van der Waals surface area contributed by atoms with E-state index < -0.39 is 0 Å². The summed E-state index contributed by atoms with van der Waals surface area (Å²) in [6, 6.07) is 2.04. The van der Waals surface area contributed by atoms with E-state index in [1.165, 1.54) is 4.88 Å². The summed E-state index contributed by atoms with van der Waals surface area (Å²) in [4.78, 5) is 15.3. The monoisotopic (exact) mass is 291 g/mol. The topological polar surface area (TPSA) is 62.7 Å². The number of rotatable bonds is 4. The molecule has 0 aliphatic carbocycles. The molecule has 0 aliphatic rings. The first-order valence-corrected chi connectivity index (χ1v) is 7.54. The van der Waals surface area contributed by atoms with Crippen LogP contribution >= 0.6 is 22.7 Å². The van der Waals surface area contributed by atoms with Gasteiger partial charge in [-0.05, 0) is 18.4 Å². The van der Waals surface area contributed by atoms with E-state index in [4.69, 9.17) is 0 Å². The lowest BCUT2D eigenvalue weighted by Gasteiger charge is -2.07. The largest absolute Gasteiger partial charge is 0.364 e. The van der Waals surface area contributed by atoms with Crippen LogP contribution in [0.25, 0.3) is 10.2 Å². The molecule has 0 aliphatic heterocycles. The second-order valence-electron chi connectivity index (χ2n) is 3.98. The number of thiazole rings is 1. The van der Waals surface area contributed by atoms with Crippen LogP contribution in [-0.4, -0.2) is 22.0 Å². The standard InChI is InChI=1S/C12H13N5S2/c1-7-14-5-8(19-7)6-15-10-9-3-4-18-11(9)17-12(13-2)16-10/h3-5H,6H2,1-2H3,(H2,13,15,16,17). The van der Waals surface area contributed by atoms with E-state index in [0.717, 1.165) is 27.6 Å². The van der Waals surface area contributed by atoms with Crippen LogP contribution in [0.15, 0.2) is 17.6 Å². The molecule has 0 spiro atoms. The first-order valence-electron chi connectivity index (χ1n) is 5.84. The molecule has 0 aromatic carbocycles. The number of aryl methyl sites for hydroxylation is 1. The molecule has 0 bridgehead atoms. The quantitative estimate of drug-likeness (QED) is 0.773. The van der Waals surface area contributed by atoms with Gasteiger partial charge >= 0.3 is 0 Å². The van der Waals surface area contributed by atoms with Crippen LogP contribution in [0.3, 0.4) is 0 Å². The highest BCUT2D eigenvalue weighted by molar-refractivity contribution is 7.16. The molecule has 3 rings (SSSR count). The summed E-state index contributed by atoms with van der Waals surface area (Å²) in [7, 11) is 1.82. The number of thiophene rings is 1. The zero-order valence-electron chi connectivity index (χ0n) is 10.6. The Hall–Kier alpha value is -1.73. The maximum Gasteiger partial charge on any atom is 0.225 e. The molecule has 0 fully saturated rings. The number of aromatic nitrogens is 3. The Kier molecular flexibility index (Phi) is 3.31. The van der Waals surface area contributed by atoms with Gasteiger partial charge in [0.2, 0.25) is 5.95 Å². The third-order valence-corrected chi connectivity index (χ3v) is 4.37. The third kappa shape index (κ3) is 2.52. The lowest BCUT2D eigenvalue weighted by Crippen LogP contribution is -2.04. The lowest BCUT2D eigenvalue weighted by atomic mass is 10.3.